The number of sulfonamides is 1. The molecule has 0 aromatic carbocycles. The number of carbonyl (C=O) groups is 1. The summed E-state index contributed by atoms with van der Waals surface area (Å²) in [7, 11) is -3.09. The number of piperidine rings is 1. The lowest BCUT2D eigenvalue weighted by Crippen LogP contribution is -2.40. The third-order valence-corrected chi connectivity index (χ3v) is 6.93. The van der Waals surface area contributed by atoms with Gasteiger partial charge in [-0.25, -0.2) is 17.5 Å². The topological polar surface area (TPSA) is 109 Å². The van der Waals surface area contributed by atoms with Crippen LogP contribution in [0.5, 0.6) is 0 Å². The third kappa shape index (κ3) is 8.40. The monoisotopic (exact) mass is 473 g/mol. The summed E-state index contributed by atoms with van der Waals surface area (Å²) in [6.07, 6.45) is 0.191. The third-order valence-electron chi connectivity index (χ3n) is 4.71. The SMILES string of the molecule is CS(=O)(=O)N1CCCC(Cn2cc(CN3CCSCC3)nn2)C1.O=C(O)C(F)(F)F. The molecule has 9 nitrogen and oxygen atoms in total. The van der Waals surface area contributed by atoms with Crippen LogP contribution >= 0.6 is 11.8 Å². The number of aliphatic carboxylic acids is 1. The number of aromatic nitrogens is 3. The number of hydrogen-bond donors (Lipinski definition) is 1. The predicted octanol–water partition coefficient (Wildman–Crippen LogP) is 1.13. The van der Waals surface area contributed by atoms with E-state index in [0.717, 1.165) is 44.7 Å². The number of nitrogens with zero attached hydrogens (tertiary/aromatic N) is 5. The van der Waals surface area contributed by atoms with Crippen LogP contribution in [-0.4, -0.2) is 93.8 Å². The molecule has 3 rings (SSSR count). The van der Waals surface area contributed by atoms with Crippen LogP contribution in [0.1, 0.15) is 18.5 Å². The van der Waals surface area contributed by atoms with Crippen molar-refractivity contribution >= 4 is 27.8 Å². The number of alkyl halides is 3. The van der Waals surface area contributed by atoms with Gasteiger partial charge in [-0.05, 0) is 18.8 Å². The quantitative estimate of drug-likeness (QED) is 0.678. The Hall–Kier alpha value is -1.38. The second-order valence-electron chi connectivity index (χ2n) is 7.25. The second-order valence-corrected chi connectivity index (χ2v) is 10.5. The molecule has 30 heavy (non-hydrogen) atoms. The molecule has 1 aromatic rings. The summed E-state index contributed by atoms with van der Waals surface area (Å²) in [4.78, 5) is 11.3. The Kier molecular flexibility index (Phi) is 8.94. The van der Waals surface area contributed by atoms with Gasteiger partial charge in [-0.15, -0.1) is 5.10 Å². The van der Waals surface area contributed by atoms with E-state index in [-0.39, 0.29) is 0 Å². The van der Waals surface area contributed by atoms with Gasteiger partial charge in [0.25, 0.3) is 0 Å². The van der Waals surface area contributed by atoms with Gasteiger partial charge in [-0.2, -0.15) is 24.9 Å². The molecule has 14 heteroatoms. The van der Waals surface area contributed by atoms with Crippen LogP contribution in [0.3, 0.4) is 0 Å². The normalized spacial score (nSPS) is 21.7. The van der Waals surface area contributed by atoms with Gasteiger partial charge < -0.3 is 5.11 Å². The first kappa shape index (κ1) is 24.9. The highest BCUT2D eigenvalue weighted by Crippen LogP contribution is 2.20. The Bertz CT molecular complexity index is 797. The van der Waals surface area contributed by atoms with Crippen LogP contribution in [0, 0.1) is 5.92 Å². The van der Waals surface area contributed by atoms with Crippen molar-refractivity contribution in [1.29, 1.82) is 0 Å². The fraction of sp³-hybridized carbons (Fsp3) is 0.812. The van der Waals surface area contributed by atoms with Crippen LogP contribution in [0.2, 0.25) is 0 Å². The zero-order valence-corrected chi connectivity index (χ0v) is 18.2. The summed E-state index contributed by atoms with van der Waals surface area (Å²) in [5.41, 5.74) is 1.01. The maximum absolute atomic E-state index is 11.7. The maximum atomic E-state index is 11.7. The zero-order valence-electron chi connectivity index (χ0n) is 16.6. The van der Waals surface area contributed by atoms with Crippen molar-refractivity contribution in [3.05, 3.63) is 11.9 Å². The van der Waals surface area contributed by atoms with E-state index in [1.54, 1.807) is 4.31 Å². The molecule has 2 aliphatic rings. The summed E-state index contributed by atoms with van der Waals surface area (Å²) >= 11 is 2.00. The Morgan fingerprint density at radius 1 is 1.30 bits per heavy atom. The van der Waals surface area contributed by atoms with E-state index in [9.17, 15) is 21.6 Å². The average Bonchev–Trinajstić information content (AvgIpc) is 3.08. The lowest BCUT2D eigenvalue weighted by molar-refractivity contribution is -0.192. The van der Waals surface area contributed by atoms with Gasteiger partial charge in [0.15, 0.2) is 0 Å². The molecule has 0 spiro atoms. The molecule has 0 aliphatic carbocycles. The van der Waals surface area contributed by atoms with E-state index in [1.807, 2.05) is 22.6 Å². The fourth-order valence-corrected chi connectivity index (χ4v) is 5.15. The highest BCUT2D eigenvalue weighted by Gasteiger charge is 2.38. The van der Waals surface area contributed by atoms with Gasteiger partial charge in [-0.3, -0.25) is 9.58 Å². The summed E-state index contributed by atoms with van der Waals surface area (Å²) < 4.78 is 58.6. The summed E-state index contributed by atoms with van der Waals surface area (Å²) in [5.74, 6) is -0.0540. The number of halogens is 3. The molecule has 1 unspecified atom stereocenters. The van der Waals surface area contributed by atoms with Gasteiger partial charge in [0, 0.05) is 57.0 Å². The van der Waals surface area contributed by atoms with Crippen molar-refractivity contribution < 1.29 is 31.5 Å². The van der Waals surface area contributed by atoms with Crippen LogP contribution in [-0.2, 0) is 27.9 Å². The standard InChI is InChI=1S/C14H25N5O2S2.C2HF3O2/c1-23(20,21)19-4-2-3-13(10-19)9-18-12-14(15-16-18)11-17-5-7-22-8-6-17;3-2(4,5)1(6)7/h12-13H,2-11H2,1H3;(H,6,7). The lowest BCUT2D eigenvalue weighted by atomic mass is 10.00. The zero-order chi connectivity index (χ0) is 22.4. The number of carboxylic acids is 1. The van der Waals surface area contributed by atoms with E-state index in [4.69, 9.17) is 9.90 Å². The minimum absolute atomic E-state index is 0.319. The fourth-order valence-electron chi connectivity index (χ4n) is 3.23. The first-order valence-corrected chi connectivity index (χ1v) is 12.4. The molecule has 2 saturated heterocycles. The number of rotatable bonds is 5. The molecule has 3 heterocycles. The predicted molar refractivity (Wildman–Crippen MR) is 105 cm³/mol. The van der Waals surface area contributed by atoms with Crippen molar-refractivity contribution in [2.24, 2.45) is 5.92 Å². The maximum Gasteiger partial charge on any atom is 0.490 e. The molecular formula is C16H26F3N5O4S2. The minimum Gasteiger partial charge on any atom is -0.475 e. The summed E-state index contributed by atoms with van der Waals surface area (Å²) in [6, 6.07) is 0. The van der Waals surface area contributed by atoms with Crippen LogP contribution < -0.4 is 0 Å². The summed E-state index contributed by atoms with van der Waals surface area (Å²) in [6.45, 7) is 5.07. The van der Waals surface area contributed by atoms with Gasteiger partial charge in [0.2, 0.25) is 10.0 Å². The first-order chi connectivity index (χ1) is 13.9. The summed E-state index contributed by atoms with van der Waals surface area (Å²) in [5, 5.41) is 15.6. The van der Waals surface area contributed by atoms with E-state index in [1.165, 1.54) is 17.8 Å². The molecule has 2 fully saturated rings. The second kappa shape index (κ2) is 10.8. The van der Waals surface area contributed by atoms with Crippen molar-refractivity contribution in [2.45, 2.75) is 32.1 Å². The van der Waals surface area contributed by atoms with Crippen LogP contribution in [0.4, 0.5) is 13.2 Å². The van der Waals surface area contributed by atoms with Gasteiger partial charge in [-0.1, -0.05) is 5.21 Å². The number of carboxylic acid groups (broad SMARTS) is 1. The van der Waals surface area contributed by atoms with E-state index in [0.29, 0.717) is 19.0 Å². The van der Waals surface area contributed by atoms with E-state index < -0.39 is 22.2 Å². The van der Waals surface area contributed by atoms with Gasteiger partial charge in [0.1, 0.15) is 0 Å². The van der Waals surface area contributed by atoms with Gasteiger partial charge >= 0.3 is 12.1 Å². The molecule has 1 atom stereocenters. The average molecular weight is 474 g/mol. The smallest absolute Gasteiger partial charge is 0.475 e. The number of hydrogen-bond acceptors (Lipinski definition) is 7. The van der Waals surface area contributed by atoms with Crippen molar-refractivity contribution in [3.8, 4) is 0 Å². The van der Waals surface area contributed by atoms with Crippen molar-refractivity contribution in [2.75, 3.05) is 43.9 Å². The van der Waals surface area contributed by atoms with Crippen molar-refractivity contribution in [1.82, 2.24) is 24.2 Å². The Balaban J connectivity index is 0.000000396. The Morgan fingerprint density at radius 3 is 2.50 bits per heavy atom. The minimum atomic E-state index is -5.08. The van der Waals surface area contributed by atoms with Crippen LogP contribution in [0.25, 0.3) is 0 Å². The highest BCUT2D eigenvalue weighted by molar-refractivity contribution is 7.99. The van der Waals surface area contributed by atoms with E-state index in [2.05, 4.69) is 15.2 Å². The Morgan fingerprint density at radius 2 is 1.93 bits per heavy atom. The molecule has 0 radical (unpaired) electrons. The molecule has 0 bridgehead atoms. The molecule has 1 aromatic heterocycles. The largest absolute Gasteiger partial charge is 0.490 e. The molecule has 172 valence electrons. The van der Waals surface area contributed by atoms with E-state index >= 15 is 0 Å². The molecule has 1 N–H and O–H groups in total. The van der Waals surface area contributed by atoms with Crippen LogP contribution in [0.15, 0.2) is 6.20 Å². The lowest BCUT2D eigenvalue weighted by Gasteiger charge is -2.30. The first-order valence-electron chi connectivity index (χ1n) is 9.39. The van der Waals surface area contributed by atoms with Crippen molar-refractivity contribution in [3.63, 3.8) is 0 Å². The highest BCUT2D eigenvalue weighted by atomic mass is 32.2. The Labute approximate surface area is 177 Å². The number of thioether (sulfide) groups is 1. The molecule has 2 aliphatic heterocycles. The molecular weight excluding hydrogens is 447 g/mol. The molecule has 0 saturated carbocycles. The molecule has 0 amide bonds. The van der Waals surface area contributed by atoms with Gasteiger partial charge in [0.05, 0.1) is 11.9 Å².